The summed E-state index contributed by atoms with van der Waals surface area (Å²) >= 11 is 2.42. The van der Waals surface area contributed by atoms with Crippen LogP contribution in [-0.2, 0) is 14.2 Å². The Hall–Kier alpha value is 0.610. The van der Waals surface area contributed by atoms with Crippen molar-refractivity contribution >= 4 is 22.6 Å². The molecule has 0 spiro atoms. The molecule has 0 unspecified atom stereocenters. The second-order valence-corrected chi connectivity index (χ2v) is 5.11. The van der Waals surface area contributed by atoms with Gasteiger partial charge in [-0.25, -0.2) is 0 Å². The van der Waals surface area contributed by atoms with Crippen molar-refractivity contribution in [1.29, 1.82) is 0 Å². The summed E-state index contributed by atoms with van der Waals surface area (Å²) in [6.45, 7) is 3.17. The van der Waals surface area contributed by atoms with Gasteiger partial charge in [0.05, 0.1) is 24.9 Å². The maximum absolute atomic E-state index is 5.99. The van der Waals surface area contributed by atoms with Gasteiger partial charge >= 0.3 is 0 Å². The summed E-state index contributed by atoms with van der Waals surface area (Å²) in [6, 6.07) is 0. The molecular weight excluding hydrogens is 307 g/mol. The van der Waals surface area contributed by atoms with Crippen molar-refractivity contribution in [2.45, 2.75) is 37.4 Å². The van der Waals surface area contributed by atoms with Gasteiger partial charge in [0, 0.05) is 30.5 Å². The van der Waals surface area contributed by atoms with E-state index in [9.17, 15) is 0 Å². The van der Waals surface area contributed by atoms with Crippen LogP contribution < -0.4 is 0 Å². The highest BCUT2D eigenvalue weighted by Gasteiger charge is 2.32. The van der Waals surface area contributed by atoms with Crippen molar-refractivity contribution in [2.75, 3.05) is 30.9 Å². The molecule has 1 saturated heterocycles. The van der Waals surface area contributed by atoms with E-state index in [0.29, 0.717) is 6.10 Å². The Kier molecular flexibility index (Phi) is 4.67. The molecule has 0 amide bonds. The molecule has 3 nitrogen and oxygen atoms in total. The van der Waals surface area contributed by atoms with Crippen LogP contribution >= 0.6 is 22.6 Å². The molecule has 1 aliphatic heterocycles. The number of halogens is 1. The fourth-order valence-corrected chi connectivity index (χ4v) is 2.75. The van der Waals surface area contributed by atoms with Crippen LogP contribution in [0.4, 0.5) is 0 Å². The molecular formula is C11H19IO3. The van der Waals surface area contributed by atoms with E-state index in [1.807, 2.05) is 0 Å². The zero-order valence-corrected chi connectivity index (χ0v) is 11.2. The van der Waals surface area contributed by atoms with Crippen LogP contribution in [0.5, 0.6) is 0 Å². The van der Waals surface area contributed by atoms with E-state index in [2.05, 4.69) is 22.6 Å². The molecule has 4 heteroatoms. The first-order valence-corrected chi connectivity index (χ1v) is 7.26. The monoisotopic (exact) mass is 326 g/mol. The van der Waals surface area contributed by atoms with Crippen LogP contribution in [0, 0.1) is 0 Å². The highest BCUT2D eigenvalue weighted by molar-refractivity contribution is 14.1. The van der Waals surface area contributed by atoms with Crippen LogP contribution in [0.3, 0.4) is 0 Å². The highest BCUT2D eigenvalue weighted by Crippen LogP contribution is 2.28. The number of hydrogen-bond acceptors (Lipinski definition) is 3. The van der Waals surface area contributed by atoms with E-state index >= 15 is 0 Å². The smallest absolute Gasteiger partial charge is 0.0816 e. The molecule has 88 valence electrons. The van der Waals surface area contributed by atoms with Crippen molar-refractivity contribution < 1.29 is 14.2 Å². The second kappa shape index (κ2) is 5.80. The van der Waals surface area contributed by atoms with E-state index < -0.39 is 0 Å². The molecule has 0 aromatic heterocycles. The highest BCUT2D eigenvalue weighted by atomic mass is 127. The molecule has 0 N–H and O–H groups in total. The number of rotatable bonds is 6. The first-order chi connectivity index (χ1) is 7.35. The third-order valence-corrected chi connectivity index (χ3v) is 4.41. The molecule has 1 heterocycles. The molecule has 1 saturated carbocycles. The third-order valence-electron chi connectivity index (χ3n) is 3.02. The minimum atomic E-state index is 0.0612. The summed E-state index contributed by atoms with van der Waals surface area (Å²) < 4.78 is 18.0. The lowest BCUT2D eigenvalue weighted by Crippen LogP contribution is -2.41. The lowest BCUT2D eigenvalue weighted by atomic mass is 9.97. The zero-order chi connectivity index (χ0) is 10.6. The van der Waals surface area contributed by atoms with Gasteiger partial charge in [-0.2, -0.15) is 0 Å². The molecule has 0 atom stereocenters. The van der Waals surface area contributed by atoms with Crippen LogP contribution in [0.15, 0.2) is 0 Å². The van der Waals surface area contributed by atoms with Gasteiger partial charge in [0.25, 0.3) is 0 Å². The molecule has 1 aliphatic carbocycles. The maximum Gasteiger partial charge on any atom is 0.0816 e. The molecule has 0 radical (unpaired) electrons. The normalized spacial score (nSPS) is 25.4. The Morgan fingerprint density at radius 3 is 2.53 bits per heavy atom. The average Bonchev–Trinajstić information content (AvgIpc) is 3.10. The van der Waals surface area contributed by atoms with Crippen molar-refractivity contribution in [2.24, 2.45) is 0 Å². The quantitative estimate of drug-likeness (QED) is 0.425. The molecule has 0 bridgehead atoms. The Labute approximate surface area is 105 Å². The van der Waals surface area contributed by atoms with Crippen LogP contribution in [0.2, 0.25) is 0 Å². The second-order valence-electron chi connectivity index (χ2n) is 4.35. The predicted molar refractivity (Wildman–Crippen MR) is 66.6 cm³/mol. The molecule has 15 heavy (non-hydrogen) atoms. The molecule has 0 aromatic carbocycles. The first kappa shape index (κ1) is 12.1. The summed E-state index contributed by atoms with van der Waals surface area (Å²) in [5.74, 6) is 0. The van der Waals surface area contributed by atoms with Crippen molar-refractivity contribution in [3.8, 4) is 0 Å². The van der Waals surface area contributed by atoms with Gasteiger partial charge in [0.2, 0.25) is 0 Å². The largest absolute Gasteiger partial charge is 0.381 e. The Balaban J connectivity index is 1.64. The number of alkyl halides is 1. The molecule has 2 aliphatic rings. The Morgan fingerprint density at radius 2 is 1.93 bits per heavy atom. The average molecular weight is 326 g/mol. The number of hydrogen-bond donors (Lipinski definition) is 0. The Morgan fingerprint density at radius 1 is 1.20 bits per heavy atom. The van der Waals surface area contributed by atoms with Crippen LogP contribution in [0.25, 0.3) is 0 Å². The van der Waals surface area contributed by atoms with Gasteiger partial charge in [-0.15, -0.1) is 0 Å². The van der Waals surface area contributed by atoms with Crippen molar-refractivity contribution in [3.63, 3.8) is 0 Å². The third kappa shape index (κ3) is 3.84. The predicted octanol–water partition coefficient (Wildman–Crippen LogP) is 2.17. The van der Waals surface area contributed by atoms with E-state index in [-0.39, 0.29) is 5.60 Å². The topological polar surface area (TPSA) is 27.7 Å². The minimum absolute atomic E-state index is 0.0612. The standard InChI is InChI=1S/C11H19IO3/c12-9-11(3-5-13-6-4-11)15-8-7-14-10-1-2-10/h10H,1-9H2. The van der Waals surface area contributed by atoms with Gasteiger partial charge < -0.3 is 14.2 Å². The van der Waals surface area contributed by atoms with E-state index in [4.69, 9.17) is 14.2 Å². The fraction of sp³-hybridized carbons (Fsp3) is 1.00. The number of ether oxygens (including phenoxy) is 3. The van der Waals surface area contributed by atoms with Gasteiger partial charge in [-0.1, -0.05) is 22.6 Å². The summed E-state index contributed by atoms with van der Waals surface area (Å²) in [5, 5.41) is 0. The minimum Gasteiger partial charge on any atom is -0.381 e. The van der Waals surface area contributed by atoms with Crippen LogP contribution in [-0.4, -0.2) is 42.6 Å². The maximum atomic E-state index is 5.99. The summed E-state index contributed by atoms with van der Waals surface area (Å²) in [6.07, 6.45) is 5.08. The summed E-state index contributed by atoms with van der Waals surface area (Å²) in [7, 11) is 0. The van der Waals surface area contributed by atoms with E-state index in [1.54, 1.807) is 0 Å². The van der Waals surface area contributed by atoms with E-state index in [0.717, 1.165) is 43.7 Å². The lowest BCUT2D eigenvalue weighted by Gasteiger charge is -2.35. The van der Waals surface area contributed by atoms with Crippen molar-refractivity contribution in [1.82, 2.24) is 0 Å². The molecule has 0 aromatic rings. The molecule has 2 rings (SSSR count). The Bertz CT molecular complexity index is 188. The van der Waals surface area contributed by atoms with Crippen molar-refractivity contribution in [3.05, 3.63) is 0 Å². The first-order valence-electron chi connectivity index (χ1n) is 5.74. The summed E-state index contributed by atoms with van der Waals surface area (Å²) in [4.78, 5) is 0. The summed E-state index contributed by atoms with van der Waals surface area (Å²) in [5.41, 5.74) is 0.0612. The zero-order valence-electron chi connectivity index (χ0n) is 9.04. The van der Waals surface area contributed by atoms with Gasteiger partial charge in [-0.05, 0) is 12.8 Å². The van der Waals surface area contributed by atoms with Gasteiger partial charge in [-0.3, -0.25) is 0 Å². The lowest BCUT2D eigenvalue weighted by molar-refractivity contribution is -0.107. The molecule has 2 fully saturated rings. The SMILES string of the molecule is ICC1(OCCOC2CC2)CCOCC1. The fourth-order valence-electron chi connectivity index (χ4n) is 1.77. The van der Waals surface area contributed by atoms with Gasteiger partial charge in [0.15, 0.2) is 0 Å². The van der Waals surface area contributed by atoms with E-state index in [1.165, 1.54) is 12.8 Å². The van der Waals surface area contributed by atoms with Crippen LogP contribution in [0.1, 0.15) is 25.7 Å². The van der Waals surface area contributed by atoms with Gasteiger partial charge in [0.1, 0.15) is 0 Å².